The zero-order valence-electron chi connectivity index (χ0n) is 7.13. The largest absolute Gasteiger partial charge is 0.300 e. The molecule has 1 rings (SSSR count). The SMILES string of the molecule is CC(=O)C(C)Cc1cc(Br)cs1. The van der Waals surface area contributed by atoms with Gasteiger partial charge in [0.05, 0.1) is 0 Å². The van der Waals surface area contributed by atoms with Crippen LogP contribution in [0.3, 0.4) is 0 Å². The molecular weight excluding hydrogens is 236 g/mol. The predicted octanol–water partition coefficient (Wildman–Crippen LogP) is 3.28. The first kappa shape index (κ1) is 9.93. The Hall–Kier alpha value is -0.150. The fourth-order valence-electron chi connectivity index (χ4n) is 0.906. The summed E-state index contributed by atoms with van der Waals surface area (Å²) in [6.45, 7) is 3.61. The number of carbonyl (C=O) groups excluding carboxylic acids is 1. The zero-order valence-corrected chi connectivity index (χ0v) is 9.54. The molecule has 1 aromatic heterocycles. The van der Waals surface area contributed by atoms with Crippen molar-refractivity contribution in [3.63, 3.8) is 0 Å². The lowest BCUT2D eigenvalue weighted by molar-refractivity contribution is -0.120. The molecule has 0 amide bonds. The van der Waals surface area contributed by atoms with Crippen molar-refractivity contribution in [2.75, 3.05) is 0 Å². The summed E-state index contributed by atoms with van der Waals surface area (Å²) in [5.41, 5.74) is 0. The second-order valence-corrected chi connectivity index (χ2v) is 4.86. The van der Waals surface area contributed by atoms with Crippen LogP contribution in [0.1, 0.15) is 18.7 Å². The highest BCUT2D eigenvalue weighted by molar-refractivity contribution is 9.10. The van der Waals surface area contributed by atoms with Gasteiger partial charge in [0.15, 0.2) is 0 Å². The van der Waals surface area contributed by atoms with E-state index in [2.05, 4.69) is 22.0 Å². The molecule has 1 nitrogen and oxygen atoms in total. The van der Waals surface area contributed by atoms with Crippen LogP contribution in [0.15, 0.2) is 15.9 Å². The van der Waals surface area contributed by atoms with Gasteiger partial charge in [-0.05, 0) is 35.3 Å². The average molecular weight is 247 g/mol. The van der Waals surface area contributed by atoms with E-state index in [1.54, 1.807) is 18.3 Å². The first-order valence-electron chi connectivity index (χ1n) is 3.83. The highest BCUT2D eigenvalue weighted by atomic mass is 79.9. The van der Waals surface area contributed by atoms with Crippen LogP contribution in [0.5, 0.6) is 0 Å². The van der Waals surface area contributed by atoms with Crippen LogP contribution in [-0.2, 0) is 11.2 Å². The minimum atomic E-state index is 0.149. The number of carbonyl (C=O) groups is 1. The van der Waals surface area contributed by atoms with Crippen molar-refractivity contribution in [3.8, 4) is 0 Å². The van der Waals surface area contributed by atoms with Crippen molar-refractivity contribution in [2.24, 2.45) is 5.92 Å². The summed E-state index contributed by atoms with van der Waals surface area (Å²) in [4.78, 5) is 12.2. The Morgan fingerprint density at radius 1 is 1.75 bits per heavy atom. The lowest BCUT2D eigenvalue weighted by atomic mass is 10.0. The molecule has 0 aromatic carbocycles. The molecule has 0 spiro atoms. The maximum atomic E-state index is 10.9. The van der Waals surface area contributed by atoms with Crippen LogP contribution >= 0.6 is 27.3 Å². The lowest BCUT2D eigenvalue weighted by Crippen LogP contribution is -2.08. The monoisotopic (exact) mass is 246 g/mol. The normalized spacial score (nSPS) is 12.9. The van der Waals surface area contributed by atoms with Crippen molar-refractivity contribution in [1.29, 1.82) is 0 Å². The smallest absolute Gasteiger partial charge is 0.132 e. The summed E-state index contributed by atoms with van der Waals surface area (Å²) in [7, 11) is 0. The van der Waals surface area contributed by atoms with Gasteiger partial charge in [0.1, 0.15) is 5.78 Å². The van der Waals surface area contributed by atoms with E-state index in [1.807, 2.05) is 12.3 Å². The fourth-order valence-corrected chi connectivity index (χ4v) is 2.49. The van der Waals surface area contributed by atoms with Crippen molar-refractivity contribution in [2.45, 2.75) is 20.3 Å². The molecule has 0 aliphatic heterocycles. The number of rotatable bonds is 3. The Bertz CT molecular complexity index is 280. The maximum absolute atomic E-state index is 10.9. The molecular formula is C9H11BrOS. The Labute approximate surface area is 84.9 Å². The van der Waals surface area contributed by atoms with E-state index >= 15 is 0 Å². The third kappa shape index (κ3) is 2.72. The maximum Gasteiger partial charge on any atom is 0.132 e. The third-order valence-electron chi connectivity index (χ3n) is 1.82. The summed E-state index contributed by atoms with van der Waals surface area (Å²) in [5.74, 6) is 0.412. The van der Waals surface area contributed by atoms with Crippen molar-refractivity contribution in [3.05, 3.63) is 20.8 Å². The van der Waals surface area contributed by atoms with Gasteiger partial charge in [0, 0.05) is 20.6 Å². The number of hydrogen-bond donors (Lipinski definition) is 0. The molecule has 1 atom stereocenters. The molecule has 3 heteroatoms. The summed E-state index contributed by atoms with van der Waals surface area (Å²) >= 11 is 5.08. The van der Waals surface area contributed by atoms with Crippen LogP contribution in [0.25, 0.3) is 0 Å². The van der Waals surface area contributed by atoms with E-state index < -0.39 is 0 Å². The summed E-state index contributed by atoms with van der Waals surface area (Å²) in [6.07, 6.45) is 0.867. The summed E-state index contributed by atoms with van der Waals surface area (Å²) < 4.78 is 1.11. The number of Topliss-reactive ketones (excluding diaryl/α,β-unsaturated/α-hetero) is 1. The van der Waals surface area contributed by atoms with Crippen LogP contribution in [0.4, 0.5) is 0 Å². The van der Waals surface area contributed by atoms with Gasteiger partial charge in [-0.2, -0.15) is 0 Å². The molecule has 0 radical (unpaired) electrons. The van der Waals surface area contributed by atoms with Gasteiger partial charge in [0.25, 0.3) is 0 Å². The van der Waals surface area contributed by atoms with Gasteiger partial charge in [-0.1, -0.05) is 6.92 Å². The van der Waals surface area contributed by atoms with Crippen LogP contribution in [-0.4, -0.2) is 5.78 Å². The van der Waals surface area contributed by atoms with E-state index in [4.69, 9.17) is 0 Å². The fraction of sp³-hybridized carbons (Fsp3) is 0.444. The summed E-state index contributed by atoms with van der Waals surface area (Å²) in [6, 6.07) is 2.07. The first-order valence-corrected chi connectivity index (χ1v) is 5.50. The van der Waals surface area contributed by atoms with E-state index in [1.165, 1.54) is 4.88 Å². The minimum Gasteiger partial charge on any atom is -0.300 e. The van der Waals surface area contributed by atoms with Crippen LogP contribution in [0, 0.1) is 5.92 Å². The third-order valence-corrected chi connectivity index (χ3v) is 3.54. The molecule has 0 saturated heterocycles. The standard InChI is InChI=1S/C9H11BrOS/c1-6(7(2)11)3-9-4-8(10)5-12-9/h4-6H,3H2,1-2H3. The number of hydrogen-bond acceptors (Lipinski definition) is 2. The molecule has 0 aliphatic rings. The average Bonchev–Trinajstić information content (AvgIpc) is 2.35. The van der Waals surface area contributed by atoms with Gasteiger partial charge < -0.3 is 0 Å². The molecule has 0 N–H and O–H groups in total. The van der Waals surface area contributed by atoms with Crippen molar-refractivity contribution < 1.29 is 4.79 Å². The van der Waals surface area contributed by atoms with Crippen molar-refractivity contribution in [1.82, 2.24) is 0 Å². The Morgan fingerprint density at radius 2 is 2.42 bits per heavy atom. The Balaban J connectivity index is 2.58. The van der Waals surface area contributed by atoms with Crippen LogP contribution in [0.2, 0.25) is 0 Å². The molecule has 66 valence electrons. The van der Waals surface area contributed by atoms with E-state index in [0.29, 0.717) is 0 Å². The second-order valence-electron chi connectivity index (χ2n) is 2.95. The highest BCUT2D eigenvalue weighted by Crippen LogP contribution is 2.22. The Kier molecular flexibility index (Phi) is 3.47. The lowest BCUT2D eigenvalue weighted by Gasteiger charge is -2.03. The molecule has 0 fully saturated rings. The topological polar surface area (TPSA) is 17.1 Å². The van der Waals surface area contributed by atoms with Gasteiger partial charge in [0.2, 0.25) is 0 Å². The predicted molar refractivity (Wildman–Crippen MR) is 55.6 cm³/mol. The van der Waals surface area contributed by atoms with Gasteiger partial charge in [-0.25, -0.2) is 0 Å². The Morgan fingerprint density at radius 3 is 2.83 bits per heavy atom. The van der Waals surface area contributed by atoms with E-state index in [0.717, 1.165) is 10.9 Å². The van der Waals surface area contributed by atoms with Crippen molar-refractivity contribution >= 4 is 33.0 Å². The zero-order chi connectivity index (χ0) is 9.14. The van der Waals surface area contributed by atoms with Gasteiger partial charge >= 0.3 is 0 Å². The molecule has 1 unspecified atom stereocenters. The second kappa shape index (κ2) is 4.19. The number of ketones is 1. The minimum absolute atomic E-state index is 0.149. The van der Waals surface area contributed by atoms with E-state index in [9.17, 15) is 4.79 Å². The summed E-state index contributed by atoms with van der Waals surface area (Å²) in [5, 5.41) is 2.04. The quantitative estimate of drug-likeness (QED) is 0.801. The van der Waals surface area contributed by atoms with Gasteiger partial charge in [-0.3, -0.25) is 4.79 Å². The first-order chi connectivity index (χ1) is 5.59. The molecule has 1 aromatic rings. The number of thiophene rings is 1. The molecule has 0 saturated carbocycles. The van der Waals surface area contributed by atoms with E-state index in [-0.39, 0.29) is 11.7 Å². The molecule has 12 heavy (non-hydrogen) atoms. The molecule has 0 aliphatic carbocycles. The van der Waals surface area contributed by atoms with Crippen LogP contribution < -0.4 is 0 Å². The molecule has 0 bridgehead atoms. The highest BCUT2D eigenvalue weighted by Gasteiger charge is 2.09. The van der Waals surface area contributed by atoms with Gasteiger partial charge in [-0.15, -0.1) is 11.3 Å². The molecule has 1 heterocycles. The number of halogens is 1.